The van der Waals surface area contributed by atoms with E-state index in [4.69, 9.17) is 4.52 Å². The average molecular weight is 325 g/mol. The Balaban J connectivity index is 1.76. The Morgan fingerprint density at radius 3 is 2.79 bits per heavy atom. The molecule has 1 aromatic heterocycles. The molecule has 1 unspecified atom stereocenters. The van der Waals surface area contributed by atoms with Crippen LogP contribution in [-0.4, -0.2) is 27.5 Å². The molecule has 126 valence electrons. The molecule has 0 bridgehead atoms. The second-order valence-corrected chi connectivity index (χ2v) is 6.43. The van der Waals surface area contributed by atoms with Crippen LogP contribution in [0.4, 0.5) is 0 Å². The number of aromatic nitrogens is 2. The first-order valence-corrected chi connectivity index (χ1v) is 8.52. The van der Waals surface area contributed by atoms with E-state index < -0.39 is 0 Å². The first-order chi connectivity index (χ1) is 11.6. The fourth-order valence-corrected chi connectivity index (χ4v) is 2.90. The Labute approximate surface area is 142 Å². The van der Waals surface area contributed by atoms with Crippen molar-refractivity contribution >= 4 is 12.0 Å². The molecule has 1 aromatic carbocycles. The number of amides is 1. The smallest absolute Gasteiger partial charge is 0.249 e. The Morgan fingerprint density at radius 1 is 1.29 bits per heavy atom. The summed E-state index contributed by atoms with van der Waals surface area (Å²) in [4.78, 5) is 19.0. The van der Waals surface area contributed by atoms with Crippen molar-refractivity contribution in [3.05, 3.63) is 53.7 Å². The topological polar surface area (TPSA) is 59.2 Å². The highest BCUT2D eigenvalue weighted by Crippen LogP contribution is 2.30. The van der Waals surface area contributed by atoms with E-state index in [-0.39, 0.29) is 17.9 Å². The van der Waals surface area contributed by atoms with Gasteiger partial charge in [-0.15, -0.1) is 0 Å². The van der Waals surface area contributed by atoms with Crippen LogP contribution in [-0.2, 0) is 4.79 Å². The van der Waals surface area contributed by atoms with Crippen molar-refractivity contribution in [1.82, 2.24) is 15.0 Å². The fourth-order valence-electron chi connectivity index (χ4n) is 2.90. The Hall–Kier alpha value is -2.43. The van der Waals surface area contributed by atoms with Crippen LogP contribution in [0.5, 0.6) is 0 Å². The van der Waals surface area contributed by atoms with Gasteiger partial charge in [-0.2, -0.15) is 4.98 Å². The molecule has 0 N–H and O–H groups in total. The number of carbonyl (C=O) groups is 1. The van der Waals surface area contributed by atoms with Crippen molar-refractivity contribution < 1.29 is 9.32 Å². The summed E-state index contributed by atoms with van der Waals surface area (Å²) in [6, 6.07) is 9.71. The number of likely N-dealkylation sites (tertiary alicyclic amines) is 1. The van der Waals surface area contributed by atoms with E-state index >= 15 is 0 Å². The van der Waals surface area contributed by atoms with Gasteiger partial charge in [0.05, 0.1) is 0 Å². The second-order valence-electron chi connectivity index (χ2n) is 6.43. The highest BCUT2D eigenvalue weighted by molar-refractivity contribution is 5.92. The lowest BCUT2D eigenvalue weighted by atomic mass is 10.0. The molecule has 2 heterocycles. The highest BCUT2D eigenvalue weighted by Gasteiger charge is 2.31. The maximum absolute atomic E-state index is 12.6. The number of benzene rings is 1. The third kappa shape index (κ3) is 3.72. The van der Waals surface area contributed by atoms with E-state index in [9.17, 15) is 4.79 Å². The van der Waals surface area contributed by atoms with Crippen LogP contribution < -0.4 is 0 Å². The summed E-state index contributed by atoms with van der Waals surface area (Å²) in [7, 11) is 0. The summed E-state index contributed by atoms with van der Waals surface area (Å²) >= 11 is 0. The van der Waals surface area contributed by atoms with E-state index in [1.807, 2.05) is 55.2 Å². The van der Waals surface area contributed by atoms with Crippen molar-refractivity contribution in [3.8, 4) is 0 Å². The summed E-state index contributed by atoms with van der Waals surface area (Å²) < 4.78 is 5.43. The van der Waals surface area contributed by atoms with Crippen LogP contribution in [0.1, 0.15) is 62.3 Å². The van der Waals surface area contributed by atoms with Gasteiger partial charge in [0.1, 0.15) is 6.04 Å². The predicted octanol–water partition coefficient (Wildman–Crippen LogP) is 3.96. The molecule has 1 saturated heterocycles. The number of piperidine rings is 1. The van der Waals surface area contributed by atoms with Crippen molar-refractivity contribution in [1.29, 1.82) is 0 Å². The minimum Gasteiger partial charge on any atom is -0.337 e. The van der Waals surface area contributed by atoms with Gasteiger partial charge in [0, 0.05) is 18.5 Å². The van der Waals surface area contributed by atoms with Crippen LogP contribution in [0.25, 0.3) is 6.08 Å². The van der Waals surface area contributed by atoms with Gasteiger partial charge >= 0.3 is 0 Å². The van der Waals surface area contributed by atoms with Gasteiger partial charge < -0.3 is 9.42 Å². The molecule has 1 aliphatic rings. The minimum absolute atomic E-state index is 0.00662. The molecule has 1 amide bonds. The molecule has 1 atom stereocenters. The lowest BCUT2D eigenvalue weighted by molar-refractivity contribution is -0.130. The van der Waals surface area contributed by atoms with Gasteiger partial charge in [-0.3, -0.25) is 4.79 Å². The maximum Gasteiger partial charge on any atom is 0.249 e. The van der Waals surface area contributed by atoms with Crippen molar-refractivity contribution in [2.24, 2.45) is 0 Å². The first-order valence-electron chi connectivity index (χ1n) is 8.52. The number of carbonyl (C=O) groups excluding carboxylic acids is 1. The summed E-state index contributed by atoms with van der Waals surface area (Å²) in [5.41, 5.74) is 1.01. The van der Waals surface area contributed by atoms with Crippen LogP contribution in [0.15, 0.2) is 40.9 Å². The van der Waals surface area contributed by atoms with E-state index in [1.165, 1.54) is 0 Å². The molecule has 0 radical (unpaired) electrons. The predicted molar refractivity (Wildman–Crippen MR) is 92.2 cm³/mol. The van der Waals surface area contributed by atoms with Crippen LogP contribution in [0.2, 0.25) is 0 Å². The molecule has 1 aliphatic heterocycles. The van der Waals surface area contributed by atoms with E-state index in [1.54, 1.807) is 6.08 Å². The van der Waals surface area contributed by atoms with Gasteiger partial charge in [-0.25, -0.2) is 0 Å². The van der Waals surface area contributed by atoms with E-state index in [0.29, 0.717) is 11.7 Å². The maximum atomic E-state index is 12.6. The molecular weight excluding hydrogens is 302 g/mol. The normalized spacial score (nSPS) is 18.5. The molecule has 0 spiro atoms. The SMILES string of the molecule is CC(C)c1noc(C2CCCCN2C(=O)/C=C/c2ccccc2)n1. The van der Waals surface area contributed by atoms with Crippen LogP contribution in [0.3, 0.4) is 0 Å². The van der Waals surface area contributed by atoms with Crippen LogP contribution >= 0.6 is 0 Å². The minimum atomic E-state index is -0.119. The molecular formula is C19H23N3O2. The summed E-state index contributed by atoms with van der Waals surface area (Å²) in [5, 5.41) is 4.04. The zero-order valence-corrected chi connectivity index (χ0v) is 14.2. The second kappa shape index (κ2) is 7.43. The number of rotatable bonds is 4. The summed E-state index contributed by atoms with van der Waals surface area (Å²) in [6.45, 7) is 4.78. The molecule has 5 nitrogen and oxygen atoms in total. The van der Waals surface area contributed by atoms with Crippen LogP contribution in [0, 0.1) is 0 Å². The average Bonchev–Trinajstić information content (AvgIpc) is 3.11. The zero-order chi connectivity index (χ0) is 16.9. The lowest BCUT2D eigenvalue weighted by Gasteiger charge is -2.32. The number of hydrogen-bond acceptors (Lipinski definition) is 4. The Bertz CT molecular complexity index is 706. The van der Waals surface area contributed by atoms with Gasteiger partial charge in [-0.05, 0) is 30.9 Å². The quantitative estimate of drug-likeness (QED) is 0.798. The van der Waals surface area contributed by atoms with Crippen molar-refractivity contribution in [2.45, 2.75) is 45.1 Å². The third-order valence-corrected chi connectivity index (χ3v) is 4.26. The molecule has 0 saturated carbocycles. The van der Waals surface area contributed by atoms with E-state index in [0.717, 1.165) is 31.4 Å². The number of nitrogens with zero attached hydrogens (tertiary/aromatic N) is 3. The van der Waals surface area contributed by atoms with Crippen molar-refractivity contribution in [3.63, 3.8) is 0 Å². The fraction of sp³-hybridized carbons (Fsp3) is 0.421. The van der Waals surface area contributed by atoms with Gasteiger partial charge in [0.25, 0.3) is 0 Å². The molecule has 24 heavy (non-hydrogen) atoms. The van der Waals surface area contributed by atoms with Gasteiger partial charge in [-0.1, -0.05) is 49.3 Å². The standard InChI is InChI=1S/C19H23N3O2/c1-14(2)18-20-19(24-21-18)16-10-6-7-13-22(16)17(23)12-11-15-8-4-3-5-9-15/h3-5,8-9,11-12,14,16H,6-7,10,13H2,1-2H3/b12-11+. The highest BCUT2D eigenvalue weighted by atomic mass is 16.5. The molecule has 2 aromatic rings. The summed E-state index contributed by atoms with van der Waals surface area (Å²) in [6.07, 6.45) is 6.42. The molecule has 5 heteroatoms. The Kier molecular flexibility index (Phi) is 5.08. The van der Waals surface area contributed by atoms with Gasteiger partial charge in [0.2, 0.25) is 11.8 Å². The number of hydrogen-bond donors (Lipinski definition) is 0. The molecule has 3 rings (SSSR count). The first kappa shape index (κ1) is 16.4. The molecule has 1 fully saturated rings. The summed E-state index contributed by atoms with van der Waals surface area (Å²) in [5.74, 6) is 1.46. The van der Waals surface area contributed by atoms with Crippen molar-refractivity contribution in [2.75, 3.05) is 6.54 Å². The monoisotopic (exact) mass is 325 g/mol. The largest absolute Gasteiger partial charge is 0.337 e. The molecule has 0 aliphatic carbocycles. The van der Waals surface area contributed by atoms with E-state index in [2.05, 4.69) is 10.1 Å². The zero-order valence-electron chi connectivity index (χ0n) is 14.2. The lowest BCUT2D eigenvalue weighted by Crippen LogP contribution is -2.37. The Morgan fingerprint density at radius 2 is 2.08 bits per heavy atom. The third-order valence-electron chi connectivity index (χ3n) is 4.26. The van der Waals surface area contributed by atoms with Gasteiger partial charge in [0.15, 0.2) is 5.82 Å².